The minimum absolute atomic E-state index is 0.0153. The van der Waals surface area contributed by atoms with Gasteiger partial charge in [-0.3, -0.25) is 14.5 Å². The second-order valence-electron chi connectivity index (χ2n) is 5.74. The number of benzene rings is 1. The summed E-state index contributed by atoms with van der Waals surface area (Å²) < 4.78 is 5.65. The molecule has 0 aromatic heterocycles. The molecule has 0 bridgehead atoms. The van der Waals surface area contributed by atoms with E-state index in [-0.39, 0.29) is 18.4 Å². The smallest absolute Gasteiger partial charge is 0.268 e. The van der Waals surface area contributed by atoms with Crippen molar-refractivity contribution in [2.24, 2.45) is 0 Å². The lowest BCUT2D eigenvalue weighted by molar-refractivity contribution is -0.132. The maximum atomic E-state index is 12.4. The number of hydrogen-bond acceptors (Lipinski definition) is 3. The molecule has 0 N–H and O–H groups in total. The van der Waals surface area contributed by atoms with E-state index in [4.69, 9.17) is 4.74 Å². The Morgan fingerprint density at radius 2 is 2.05 bits per heavy atom. The molecule has 0 unspecified atom stereocenters. The maximum absolute atomic E-state index is 12.4. The topological polar surface area (TPSA) is 49.9 Å². The van der Waals surface area contributed by atoms with Crippen LogP contribution in [0.25, 0.3) is 0 Å². The monoisotopic (exact) mass is 288 g/mol. The Kier molecular flexibility index (Phi) is 3.57. The Balaban J connectivity index is 1.86. The lowest BCUT2D eigenvalue weighted by Gasteiger charge is -2.33. The first kappa shape index (κ1) is 13.9. The summed E-state index contributed by atoms with van der Waals surface area (Å²) in [5.74, 6) is 0.539. The zero-order valence-corrected chi connectivity index (χ0v) is 12.5. The van der Waals surface area contributed by atoms with Crippen molar-refractivity contribution in [3.05, 3.63) is 23.8 Å². The summed E-state index contributed by atoms with van der Waals surface area (Å²) in [5, 5.41) is 0. The van der Waals surface area contributed by atoms with Crippen molar-refractivity contribution in [1.82, 2.24) is 4.90 Å². The first-order valence-corrected chi connectivity index (χ1v) is 7.43. The molecule has 1 atom stereocenters. The van der Waals surface area contributed by atoms with Gasteiger partial charge in [-0.1, -0.05) is 6.07 Å². The molecule has 0 aliphatic carbocycles. The van der Waals surface area contributed by atoms with Crippen LogP contribution >= 0.6 is 0 Å². The molecule has 5 nitrogen and oxygen atoms in total. The number of hydrogen-bond donors (Lipinski definition) is 0. The third kappa shape index (κ3) is 2.60. The molecule has 2 aliphatic heterocycles. The zero-order chi connectivity index (χ0) is 15.0. The molecule has 2 heterocycles. The third-order valence-corrected chi connectivity index (χ3v) is 4.08. The van der Waals surface area contributed by atoms with Gasteiger partial charge in [-0.25, -0.2) is 0 Å². The van der Waals surface area contributed by atoms with Crippen LogP contribution in [0.2, 0.25) is 0 Å². The van der Waals surface area contributed by atoms with Crippen LogP contribution in [0.5, 0.6) is 5.75 Å². The molecule has 1 fully saturated rings. The fourth-order valence-electron chi connectivity index (χ4n) is 2.88. The zero-order valence-electron chi connectivity index (χ0n) is 12.5. The van der Waals surface area contributed by atoms with Gasteiger partial charge in [0.05, 0.1) is 5.69 Å². The molecule has 1 aromatic carbocycles. The van der Waals surface area contributed by atoms with E-state index in [0.717, 1.165) is 31.5 Å². The maximum Gasteiger partial charge on any atom is 0.268 e. The van der Waals surface area contributed by atoms with E-state index >= 15 is 0 Å². The minimum atomic E-state index is -0.550. The van der Waals surface area contributed by atoms with Crippen molar-refractivity contribution in [2.75, 3.05) is 24.5 Å². The number of carbonyl (C=O) groups excluding carboxylic acids is 2. The molecule has 1 aromatic rings. The predicted molar refractivity (Wildman–Crippen MR) is 79.4 cm³/mol. The van der Waals surface area contributed by atoms with Crippen LogP contribution in [-0.2, 0) is 9.59 Å². The molecule has 5 heteroatoms. The van der Waals surface area contributed by atoms with Crippen molar-refractivity contribution in [3.8, 4) is 5.75 Å². The van der Waals surface area contributed by atoms with E-state index in [0.29, 0.717) is 11.4 Å². The van der Waals surface area contributed by atoms with Gasteiger partial charge in [0.25, 0.3) is 5.91 Å². The number of amides is 2. The van der Waals surface area contributed by atoms with Crippen LogP contribution in [0.3, 0.4) is 0 Å². The second kappa shape index (κ2) is 5.39. The SMILES string of the molecule is Cc1ccc2c(c1)O[C@H](C)C(=O)N2CC(=O)N1CCCC1. The molecule has 1 saturated heterocycles. The normalized spacial score (nSPS) is 21.2. The minimum Gasteiger partial charge on any atom is -0.479 e. The number of rotatable bonds is 2. The van der Waals surface area contributed by atoms with Gasteiger partial charge in [0, 0.05) is 13.1 Å². The standard InChI is InChI=1S/C16H20N2O3/c1-11-5-6-13-14(9-11)21-12(2)16(20)18(13)10-15(19)17-7-3-4-8-17/h5-6,9,12H,3-4,7-8,10H2,1-2H3/t12-/m1/s1. The summed E-state index contributed by atoms with van der Waals surface area (Å²) in [7, 11) is 0. The van der Waals surface area contributed by atoms with Gasteiger partial charge >= 0.3 is 0 Å². The number of anilines is 1. The molecule has 0 saturated carbocycles. The average Bonchev–Trinajstić information content (AvgIpc) is 2.97. The summed E-state index contributed by atoms with van der Waals surface area (Å²) in [5.41, 5.74) is 1.76. The fraction of sp³-hybridized carbons (Fsp3) is 0.500. The van der Waals surface area contributed by atoms with Crippen LogP contribution in [-0.4, -0.2) is 42.5 Å². The van der Waals surface area contributed by atoms with E-state index in [1.807, 2.05) is 30.0 Å². The van der Waals surface area contributed by atoms with Crippen LogP contribution in [0.1, 0.15) is 25.3 Å². The quantitative estimate of drug-likeness (QED) is 0.833. The molecular weight excluding hydrogens is 268 g/mol. The Labute approximate surface area is 124 Å². The van der Waals surface area contributed by atoms with Gasteiger partial charge in [0.15, 0.2) is 6.10 Å². The van der Waals surface area contributed by atoms with Crippen molar-refractivity contribution in [1.29, 1.82) is 0 Å². The second-order valence-corrected chi connectivity index (χ2v) is 5.74. The molecule has 112 valence electrons. The van der Waals surface area contributed by atoms with Crippen molar-refractivity contribution >= 4 is 17.5 Å². The lowest BCUT2D eigenvalue weighted by Crippen LogP contribution is -2.49. The highest BCUT2D eigenvalue weighted by Crippen LogP contribution is 2.34. The molecule has 3 rings (SSSR count). The number of ether oxygens (including phenoxy) is 1. The first-order valence-electron chi connectivity index (χ1n) is 7.43. The summed E-state index contributed by atoms with van der Waals surface area (Å²) in [4.78, 5) is 28.1. The Morgan fingerprint density at radius 3 is 2.76 bits per heavy atom. The van der Waals surface area contributed by atoms with Crippen molar-refractivity contribution in [3.63, 3.8) is 0 Å². The molecular formula is C16H20N2O3. The highest BCUT2D eigenvalue weighted by Gasteiger charge is 2.34. The third-order valence-electron chi connectivity index (χ3n) is 4.08. The number of aryl methyl sites for hydroxylation is 1. The molecule has 2 amide bonds. The van der Waals surface area contributed by atoms with E-state index in [9.17, 15) is 9.59 Å². The first-order chi connectivity index (χ1) is 10.1. The van der Waals surface area contributed by atoms with Crippen LogP contribution in [0, 0.1) is 6.92 Å². The van der Waals surface area contributed by atoms with Gasteiger partial charge in [-0.2, -0.15) is 0 Å². The van der Waals surface area contributed by atoms with E-state index in [2.05, 4.69) is 0 Å². The number of fused-ring (bicyclic) bond motifs is 1. The van der Waals surface area contributed by atoms with Gasteiger partial charge in [0.1, 0.15) is 12.3 Å². The van der Waals surface area contributed by atoms with Gasteiger partial charge in [0.2, 0.25) is 5.91 Å². The lowest BCUT2D eigenvalue weighted by atomic mass is 10.1. The van der Waals surface area contributed by atoms with Crippen LogP contribution < -0.4 is 9.64 Å². The van der Waals surface area contributed by atoms with E-state index < -0.39 is 6.10 Å². The summed E-state index contributed by atoms with van der Waals surface area (Å²) >= 11 is 0. The largest absolute Gasteiger partial charge is 0.479 e. The summed E-state index contributed by atoms with van der Waals surface area (Å²) in [6.45, 7) is 5.40. The van der Waals surface area contributed by atoms with E-state index in [1.54, 1.807) is 11.8 Å². The number of carbonyl (C=O) groups is 2. The Morgan fingerprint density at radius 1 is 1.33 bits per heavy atom. The highest BCUT2D eigenvalue weighted by atomic mass is 16.5. The van der Waals surface area contributed by atoms with Crippen molar-refractivity contribution in [2.45, 2.75) is 32.8 Å². The average molecular weight is 288 g/mol. The number of likely N-dealkylation sites (tertiary alicyclic amines) is 1. The molecule has 0 spiro atoms. The molecule has 21 heavy (non-hydrogen) atoms. The fourth-order valence-corrected chi connectivity index (χ4v) is 2.88. The van der Waals surface area contributed by atoms with Crippen LogP contribution in [0.4, 0.5) is 5.69 Å². The van der Waals surface area contributed by atoms with Gasteiger partial charge in [-0.15, -0.1) is 0 Å². The van der Waals surface area contributed by atoms with E-state index in [1.165, 1.54) is 0 Å². The predicted octanol–water partition coefficient (Wildman–Crippen LogP) is 1.73. The number of nitrogens with zero attached hydrogens (tertiary/aromatic N) is 2. The van der Waals surface area contributed by atoms with Gasteiger partial charge < -0.3 is 9.64 Å². The summed E-state index contributed by atoms with van der Waals surface area (Å²) in [6, 6.07) is 5.69. The summed E-state index contributed by atoms with van der Waals surface area (Å²) in [6.07, 6.45) is 1.55. The molecule has 2 aliphatic rings. The Bertz CT molecular complexity index is 579. The van der Waals surface area contributed by atoms with Crippen molar-refractivity contribution < 1.29 is 14.3 Å². The highest BCUT2D eigenvalue weighted by molar-refractivity contribution is 6.03. The Hall–Kier alpha value is -2.04. The van der Waals surface area contributed by atoms with Crippen LogP contribution in [0.15, 0.2) is 18.2 Å². The molecule has 0 radical (unpaired) electrons. The van der Waals surface area contributed by atoms with Gasteiger partial charge in [-0.05, 0) is 44.4 Å².